The summed E-state index contributed by atoms with van der Waals surface area (Å²) in [5.41, 5.74) is 2.04. The number of furan rings is 1. The Balaban J connectivity index is 2.04. The first-order valence-corrected chi connectivity index (χ1v) is 5.28. The van der Waals surface area contributed by atoms with Gasteiger partial charge in [-0.3, -0.25) is 0 Å². The summed E-state index contributed by atoms with van der Waals surface area (Å²) in [6.07, 6.45) is 1.58. The highest BCUT2D eigenvalue weighted by Gasteiger charge is 2.13. The summed E-state index contributed by atoms with van der Waals surface area (Å²) in [6, 6.07) is 11.4. The van der Waals surface area contributed by atoms with Crippen molar-refractivity contribution < 1.29 is 8.83 Å². The van der Waals surface area contributed by atoms with Crippen molar-refractivity contribution in [3.05, 3.63) is 48.2 Å². The lowest BCUT2D eigenvalue weighted by Gasteiger charge is -1.98. The highest BCUT2D eigenvalue weighted by atomic mass is 16.4. The topological polar surface area (TPSA) is 52.1 Å². The fraction of sp³-hybridized carbons (Fsp3) is 0.0769. The maximum Gasteiger partial charge on any atom is 0.283 e. The summed E-state index contributed by atoms with van der Waals surface area (Å²) >= 11 is 0. The second-order valence-corrected chi connectivity index (χ2v) is 3.70. The number of hydrogen-bond acceptors (Lipinski definition) is 4. The van der Waals surface area contributed by atoms with Gasteiger partial charge < -0.3 is 8.83 Å². The van der Waals surface area contributed by atoms with E-state index in [1.54, 1.807) is 18.4 Å². The van der Waals surface area contributed by atoms with Crippen LogP contribution in [0.1, 0.15) is 5.56 Å². The van der Waals surface area contributed by atoms with Crippen LogP contribution in [-0.2, 0) is 0 Å². The summed E-state index contributed by atoms with van der Waals surface area (Å²) in [5.74, 6) is 1.49. The molecule has 0 spiro atoms. The molecular formula is C13H10N2O2. The fourth-order valence-corrected chi connectivity index (χ4v) is 1.64. The lowest BCUT2D eigenvalue weighted by molar-refractivity contribution is 0.523. The minimum atomic E-state index is 0.397. The molecular weight excluding hydrogens is 216 g/mol. The molecule has 2 aromatic heterocycles. The van der Waals surface area contributed by atoms with E-state index in [0.717, 1.165) is 11.1 Å². The molecule has 0 atom stereocenters. The van der Waals surface area contributed by atoms with Gasteiger partial charge in [0.25, 0.3) is 5.89 Å². The highest BCUT2D eigenvalue weighted by Crippen LogP contribution is 2.25. The first-order valence-electron chi connectivity index (χ1n) is 5.28. The van der Waals surface area contributed by atoms with Crippen LogP contribution in [-0.4, -0.2) is 10.2 Å². The molecule has 0 N–H and O–H groups in total. The van der Waals surface area contributed by atoms with E-state index in [0.29, 0.717) is 17.5 Å². The molecule has 0 saturated carbocycles. The molecule has 0 aliphatic heterocycles. The molecule has 0 amide bonds. The molecule has 3 aromatic rings. The number of aryl methyl sites for hydroxylation is 1. The summed E-state index contributed by atoms with van der Waals surface area (Å²) in [5, 5.41) is 7.99. The first kappa shape index (κ1) is 9.84. The Bertz CT molecular complexity index is 626. The van der Waals surface area contributed by atoms with Crippen LogP contribution in [0.3, 0.4) is 0 Å². The van der Waals surface area contributed by atoms with Crippen LogP contribution in [0.2, 0.25) is 0 Å². The highest BCUT2D eigenvalue weighted by molar-refractivity contribution is 5.59. The van der Waals surface area contributed by atoms with Gasteiger partial charge in [-0.15, -0.1) is 10.2 Å². The fourth-order valence-electron chi connectivity index (χ4n) is 1.64. The molecule has 0 radical (unpaired) electrons. The van der Waals surface area contributed by atoms with Crippen LogP contribution in [0.4, 0.5) is 0 Å². The van der Waals surface area contributed by atoms with E-state index in [2.05, 4.69) is 10.2 Å². The molecule has 17 heavy (non-hydrogen) atoms. The summed E-state index contributed by atoms with van der Waals surface area (Å²) in [7, 11) is 0. The quantitative estimate of drug-likeness (QED) is 0.672. The van der Waals surface area contributed by atoms with Crippen molar-refractivity contribution >= 4 is 0 Å². The SMILES string of the molecule is Cc1ccccc1-c1nnc(-c2ccco2)o1. The van der Waals surface area contributed by atoms with Crippen molar-refractivity contribution in [3.63, 3.8) is 0 Å². The van der Waals surface area contributed by atoms with Gasteiger partial charge in [0.2, 0.25) is 5.89 Å². The molecule has 1 aromatic carbocycles. The van der Waals surface area contributed by atoms with Crippen LogP contribution in [0, 0.1) is 6.92 Å². The molecule has 0 unspecified atom stereocenters. The molecule has 3 rings (SSSR count). The van der Waals surface area contributed by atoms with Gasteiger partial charge >= 0.3 is 0 Å². The molecule has 2 heterocycles. The van der Waals surface area contributed by atoms with E-state index in [4.69, 9.17) is 8.83 Å². The van der Waals surface area contributed by atoms with Crippen molar-refractivity contribution in [2.45, 2.75) is 6.92 Å². The second-order valence-electron chi connectivity index (χ2n) is 3.70. The lowest BCUT2D eigenvalue weighted by Crippen LogP contribution is -1.81. The van der Waals surface area contributed by atoms with E-state index >= 15 is 0 Å². The molecule has 4 nitrogen and oxygen atoms in total. The van der Waals surface area contributed by atoms with Gasteiger partial charge in [-0.25, -0.2) is 0 Å². The number of rotatable bonds is 2. The number of hydrogen-bond donors (Lipinski definition) is 0. The van der Waals surface area contributed by atoms with Crippen LogP contribution >= 0.6 is 0 Å². The molecule has 0 bridgehead atoms. The number of benzene rings is 1. The van der Waals surface area contributed by atoms with Crippen LogP contribution in [0.15, 0.2) is 51.5 Å². The Hall–Kier alpha value is -2.36. The minimum absolute atomic E-state index is 0.397. The molecule has 0 saturated heterocycles. The molecule has 0 aliphatic carbocycles. The van der Waals surface area contributed by atoms with Gasteiger partial charge in [-0.1, -0.05) is 18.2 Å². The van der Waals surface area contributed by atoms with E-state index < -0.39 is 0 Å². The zero-order valence-electron chi connectivity index (χ0n) is 9.25. The van der Waals surface area contributed by atoms with Crippen molar-refractivity contribution in [1.29, 1.82) is 0 Å². The third-order valence-electron chi connectivity index (χ3n) is 2.53. The second kappa shape index (κ2) is 3.90. The zero-order chi connectivity index (χ0) is 11.7. The Morgan fingerprint density at radius 3 is 2.53 bits per heavy atom. The average molecular weight is 226 g/mol. The summed E-state index contributed by atoms with van der Waals surface area (Å²) < 4.78 is 10.8. The van der Waals surface area contributed by atoms with E-state index in [1.165, 1.54) is 0 Å². The smallest absolute Gasteiger partial charge is 0.283 e. The van der Waals surface area contributed by atoms with Gasteiger partial charge in [0, 0.05) is 5.56 Å². The van der Waals surface area contributed by atoms with E-state index in [-0.39, 0.29) is 0 Å². The summed E-state index contributed by atoms with van der Waals surface area (Å²) in [4.78, 5) is 0. The maximum absolute atomic E-state index is 5.58. The molecule has 4 heteroatoms. The summed E-state index contributed by atoms with van der Waals surface area (Å²) in [6.45, 7) is 2.01. The standard InChI is InChI=1S/C13H10N2O2/c1-9-5-2-3-6-10(9)12-14-15-13(17-12)11-7-4-8-16-11/h2-8H,1H3. The monoisotopic (exact) mass is 226 g/mol. The van der Waals surface area contributed by atoms with Crippen molar-refractivity contribution in [2.75, 3.05) is 0 Å². The minimum Gasteiger partial charge on any atom is -0.459 e. The molecule has 84 valence electrons. The zero-order valence-corrected chi connectivity index (χ0v) is 9.25. The number of nitrogens with zero attached hydrogens (tertiary/aromatic N) is 2. The van der Waals surface area contributed by atoms with Crippen LogP contribution in [0.5, 0.6) is 0 Å². The predicted octanol–water partition coefficient (Wildman–Crippen LogP) is 3.31. The maximum atomic E-state index is 5.58. The van der Waals surface area contributed by atoms with Crippen molar-refractivity contribution in [2.24, 2.45) is 0 Å². The Labute approximate surface area is 97.9 Å². The Kier molecular flexibility index (Phi) is 2.26. The normalized spacial score (nSPS) is 10.6. The van der Waals surface area contributed by atoms with Gasteiger partial charge in [-0.2, -0.15) is 0 Å². The largest absolute Gasteiger partial charge is 0.459 e. The average Bonchev–Trinajstić information content (AvgIpc) is 3.00. The third-order valence-corrected chi connectivity index (χ3v) is 2.53. The molecule has 0 fully saturated rings. The first-order chi connectivity index (χ1) is 8.34. The number of aromatic nitrogens is 2. The Morgan fingerprint density at radius 1 is 0.941 bits per heavy atom. The van der Waals surface area contributed by atoms with Crippen LogP contribution < -0.4 is 0 Å². The van der Waals surface area contributed by atoms with Gasteiger partial charge in [0.15, 0.2) is 5.76 Å². The molecule has 0 aliphatic rings. The van der Waals surface area contributed by atoms with Gasteiger partial charge in [0.1, 0.15) is 0 Å². The van der Waals surface area contributed by atoms with Gasteiger partial charge in [0.05, 0.1) is 6.26 Å². The van der Waals surface area contributed by atoms with Gasteiger partial charge in [-0.05, 0) is 30.7 Å². The van der Waals surface area contributed by atoms with Crippen molar-refractivity contribution in [1.82, 2.24) is 10.2 Å². The Morgan fingerprint density at radius 2 is 1.76 bits per heavy atom. The third kappa shape index (κ3) is 1.73. The van der Waals surface area contributed by atoms with Crippen LogP contribution in [0.25, 0.3) is 23.1 Å². The van der Waals surface area contributed by atoms with E-state index in [1.807, 2.05) is 31.2 Å². The lowest BCUT2D eigenvalue weighted by atomic mass is 10.1. The van der Waals surface area contributed by atoms with Crippen molar-refractivity contribution in [3.8, 4) is 23.1 Å². The van der Waals surface area contributed by atoms with E-state index in [9.17, 15) is 0 Å². The predicted molar refractivity (Wildman–Crippen MR) is 62.2 cm³/mol.